The summed E-state index contributed by atoms with van der Waals surface area (Å²) in [7, 11) is 0. The molecule has 5 heteroatoms. The summed E-state index contributed by atoms with van der Waals surface area (Å²) in [6.45, 7) is 4.79. The van der Waals surface area contributed by atoms with E-state index in [0.717, 1.165) is 19.3 Å². The van der Waals surface area contributed by atoms with Crippen molar-refractivity contribution in [2.45, 2.75) is 83.5 Å². The van der Waals surface area contributed by atoms with Crippen LogP contribution in [-0.4, -0.2) is 29.9 Å². The molecule has 1 aromatic carbocycles. The maximum absolute atomic E-state index is 12.9. The van der Waals surface area contributed by atoms with Crippen molar-refractivity contribution >= 4 is 11.8 Å². The molecule has 0 radical (unpaired) electrons. The molecule has 3 N–H and O–H groups in total. The maximum Gasteiger partial charge on any atom is 0.243 e. The summed E-state index contributed by atoms with van der Waals surface area (Å²) in [5, 5.41) is 9.54. The zero-order valence-electron chi connectivity index (χ0n) is 16.6. The Kier molecular flexibility index (Phi) is 6.89. The summed E-state index contributed by atoms with van der Waals surface area (Å²) in [6.07, 6.45) is 7.23. The molecule has 148 valence electrons. The summed E-state index contributed by atoms with van der Waals surface area (Å²) in [5.74, 6) is 0.00261. The Hall–Kier alpha value is -1.88. The Balaban J connectivity index is 1.61. The maximum atomic E-state index is 12.9. The number of hydrogen-bond acceptors (Lipinski definition) is 3. The molecule has 2 amide bonds. The van der Waals surface area contributed by atoms with Crippen molar-refractivity contribution in [3.63, 3.8) is 0 Å². The number of carbonyl (C=O) groups excluding carboxylic acids is 2. The van der Waals surface area contributed by atoms with Gasteiger partial charge in [0.2, 0.25) is 11.8 Å². The van der Waals surface area contributed by atoms with Crippen LogP contribution in [0.4, 0.5) is 0 Å². The number of fused-ring (bicyclic) bond motifs is 1. The van der Waals surface area contributed by atoms with Gasteiger partial charge in [0.15, 0.2) is 0 Å². The van der Waals surface area contributed by atoms with Crippen LogP contribution in [0.25, 0.3) is 0 Å². The Bertz CT molecular complexity index is 655. The van der Waals surface area contributed by atoms with E-state index in [2.05, 4.69) is 35.0 Å². The second-order valence-electron chi connectivity index (χ2n) is 8.12. The zero-order valence-corrected chi connectivity index (χ0v) is 16.6. The van der Waals surface area contributed by atoms with E-state index in [1.54, 1.807) is 0 Å². The number of nitrogens with one attached hydrogen (secondary N) is 3. The predicted molar refractivity (Wildman–Crippen MR) is 107 cm³/mol. The van der Waals surface area contributed by atoms with E-state index in [1.165, 1.54) is 30.4 Å². The molecular weight excluding hydrogens is 338 g/mol. The molecule has 1 heterocycles. The molecule has 0 spiro atoms. The lowest BCUT2D eigenvalue weighted by molar-refractivity contribution is -0.131. The van der Waals surface area contributed by atoms with Crippen LogP contribution in [0.15, 0.2) is 24.3 Å². The van der Waals surface area contributed by atoms with Gasteiger partial charge in [0.1, 0.15) is 6.04 Å². The number of carbonyl (C=O) groups is 2. The van der Waals surface area contributed by atoms with E-state index in [0.29, 0.717) is 13.0 Å². The Labute approximate surface area is 162 Å². The van der Waals surface area contributed by atoms with Gasteiger partial charge in [-0.05, 0) is 36.3 Å². The third-order valence-corrected chi connectivity index (χ3v) is 6.14. The quantitative estimate of drug-likeness (QED) is 0.720. The fourth-order valence-electron chi connectivity index (χ4n) is 4.13. The molecule has 0 aromatic heterocycles. The standard InChI is InChI=1S/C22H33N3O2/c1-3-15(2)20(22(27)24-18-11-5-4-6-12-18)25-21(26)19-13-16-9-7-8-10-17(16)14-23-19/h7-10,15,18-20,23H,3-6,11-14H2,1-2H3,(H,24,27)(H,25,26)/t15-,19+,20-/m1/s1. The van der Waals surface area contributed by atoms with Gasteiger partial charge in [-0.2, -0.15) is 0 Å². The Morgan fingerprint density at radius 2 is 1.85 bits per heavy atom. The lowest BCUT2D eigenvalue weighted by atomic mass is 9.92. The van der Waals surface area contributed by atoms with Gasteiger partial charge in [-0.3, -0.25) is 9.59 Å². The van der Waals surface area contributed by atoms with Crippen LogP contribution in [0.1, 0.15) is 63.5 Å². The largest absolute Gasteiger partial charge is 0.352 e. The summed E-state index contributed by atoms with van der Waals surface area (Å²) in [4.78, 5) is 25.8. The molecule has 0 saturated heterocycles. The highest BCUT2D eigenvalue weighted by Gasteiger charge is 2.31. The van der Waals surface area contributed by atoms with Crippen molar-refractivity contribution in [3.8, 4) is 0 Å². The second kappa shape index (κ2) is 9.36. The fourth-order valence-corrected chi connectivity index (χ4v) is 4.13. The topological polar surface area (TPSA) is 70.2 Å². The van der Waals surface area contributed by atoms with E-state index in [1.807, 2.05) is 19.1 Å². The van der Waals surface area contributed by atoms with Gasteiger partial charge < -0.3 is 16.0 Å². The molecule has 3 rings (SSSR count). The van der Waals surface area contributed by atoms with Gasteiger partial charge in [0, 0.05) is 12.6 Å². The molecule has 5 nitrogen and oxygen atoms in total. The SMILES string of the molecule is CC[C@@H](C)[C@@H](NC(=O)[C@@H]1Cc2ccccc2CN1)C(=O)NC1CCCCC1. The zero-order chi connectivity index (χ0) is 19.2. The summed E-state index contributed by atoms with van der Waals surface area (Å²) in [5.41, 5.74) is 2.46. The first kappa shape index (κ1) is 19.9. The van der Waals surface area contributed by atoms with Crippen LogP contribution in [-0.2, 0) is 22.6 Å². The number of rotatable bonds is 6. The predicted octanol–water partition coefficient (Wildman–Crippen LogP) is 2.68. The molecule has 0 unspecified atom stereocenters. The second-order valence-corrected chi connectivity index (χ2v) is 8.12. The van der Waals surface area contributed by atoms with Crippen LogP contribution in [0.5, 0.6) is 0 Å². The Morgan fingerprint density at radius 1 is 1.15 bits per heavy atom. The number of benzene rings is 1. The third kappa shape index (κ3) is 5.10. The van der Waals surface area contributed by atoms with E-state index in [9.17, 15) is 9.59 Å². The lowest BCUT2D eigenvalue weighted by Crippen LogP contribution is -2.57. The summed E-state index contributed by atoms with van der Waals surface area (Å²) >= 11 is 0. The minimum Gasteiger partial charge on any atom is -0.352 e. The van der Waals surface area contributed by atoms with Gasteiger partial charge in [-0.1, -0.05) is 63.8 Å². The number of amides is 2. The highest BCUT2D eigenvalue weighted by Crippen LogP contribution is 2.19. The van der Waals surface area contributed by atoms with Gasteiger partial charge >= 0.3 is 0 Å². The summed E-state index contributed by atoms with van der Waals surface area (Å²) in [6, 6.07) is 7.72. The molecular formula is C22H33N3O2. The van der Waals surface area contributed by atoms with Crippen LogP contribution in [0, 0.1) is 5.92 Å². The molecule has 1 aromatic rings. The average Bonchev–Trinajstić information content (AvgIpc) is 2.71. The normalized spacial score (nSPS) is 22.4. The first-order valence-electron chi connectivity index (χ1n) is 10.5. The molecule has 2 aliphatic rings. The van der Waals surface area contributed by atoms with Crippen LogP contribution in [0.3, 0.4) is 0 Å². The van der Waals surface area contributed by atoms with Crippen LogP contribution in [0.2, 0.25) is 0 Å². The summed E-state index contributed by atoms with van der Waals surface area (Å²) < 4.78 is 0. The van der Waals surface area contributed by atoms with Crippen LogP contribution < -0.4 is 16.0 Å². The van der Waals surface area contributed by atoms with Gasteiger partial charge in [-0.25, -0.2) is 0 Å². The van der Waals surface area contributed by atoms with Crippen molar-refractivity contribution in [3.05, 3.63) is 35.4 Å². The molecule has 1 fully saturated rings. The average molecular weight is 372 g/mol. The van der Waals surface area contributed by atoms with Crippen molar-refractivity contribution in [1.29, 1.82) is 0 Å². The first-order chi connectivity index (χ1) is 13.1. The van der Waals surface area contributed by atoms with Gasteiger partial charge in [0.25, 0.3) is 0 Å². The molecule has 1 aliphatic carbocycles. The van der Waals surface area contributed by atoms with Crippen molar-refractivity contribution < 1.29 is 9.59 Å². The molecule has 0 bridgehead atoms. The molecule has 27 heavy (non-hydrogen) atoms. The smallest absolute Gasteiger partial charge is 0.243 e. The Morgan fingerprint density at radius 3 is 2.56 bits per heavy atom. The van der Waals surface area contributed by atoms with E-state index >= 15 is 0 Å². The first-order valence-corrected chi connectivity index (χ1v) is 10.5. The molecule has 3 atom stereocenters. The highest BCUT2D eigenvalue weighted by molar-refractivity contribution is 5.90. The molecule has 1 aliphatic heterocycles. The van der Waals surface area contributed by atoms with Crippen molar-refractivity contribution in [2.24, 2.45) is 5.92 Å². The van der Waals surface area contributed by atoms with Gasteiger partial charge in [0.05, 0.1) is 6.04 Å². The van der Waals surface area contributed by atoms with Crippen LogP contribution >= 0.6 is 0 Å². The van der Waals surface area contributed by atoms with E-state index in [4.69, 9.17) is 0 Å². The van der Waals surface area contributed by atoms with Crippen molar-refractivity contribution in [2.75, 3.05) is 0 Å². The minimum atomic E-state index is -0.469. The lowest BCUT2D eigenvalue weighted by Gasteiger charge is -2.31. The fraction of sp³-hybridized carbons (Fsp3) is 0.636. The van der Waals surface area contributed by atoms with E-state index < -0.39 is 6.04 Å². The van der Waals surface area contributed by atoms with Gasteiger partial charge in [-0.15, -0.1) is 0 Å². The monoisotopic (exact) mass is 371 g/mol. The van der Waals surface area contributed by atoms with Crippen molar-refractivity contribution in [1.82, 2.24) is 16.0 Å². The highest BCUT2D eigenvalue weighted by atomic mass is 16.2. The minimum absolute atomic E-state index is 0.0270. The molecule has 1 saturated carbocycles. The third-order valence-electron chi connectivity index (χ3n) is 6.14. The number of hydrogen-bond donors (Lipinski definition) is 3. The van der Waals surface area contributed by atoms with E-state index in [-0.39, 0.29) is 29.8 Å².